The molecule has 0 fully saturated rings. The fourth-order valence-corrected chi connectivity index (χ4v) is 5.57. The highest BCUT2D eigenvalue weighted by molar-refractivity contribution is 7.26. The van der Waals surface area contributed by atoms with Crippen LogP contribution in [0.4, 0.5) is 0 Å². The minimum Gasteiger partial charge on any atom is -0.255 e. The standard InChI is InChI=1S/C21H11N3S2/c1-3-15-19(22-7-1)14-6-5-12(9-17(14)25-15)13-10-18-21(24-11-13)20-16(26-18)4-2-8-23-20/h1-11H. The maximum atomic E-state index is 4.71. The van der Waals surface area contributed by atoms with Crippen LogP contribution in [-0.4, -0.2) is 15.0 Å². The number of fused-ring (bicyclic) bond motifs is 6. The highest BCUT2D eigenvalue weighted by Crippen LogP contribution is 2.37. The van der Waals surface area contributed by atoms with E-state index < -0.39 is 0 Å². The van der Waals surface area contributed by atoms with Gasteiger partial charge in [0.05, 0.1) is 19.6 Å². The van der Waals surface area contributed by atoms with Crippen LogP contribution >= 0.6 is 22.7 Å². The van der Waals surface area contributed by atoms with Crippen molar-refractivity contribution in [1.29, 1.82) is 0 Å². The first-order chi connectivity index (χ1) is 12.9. The number of benzene rings is 1. The number of aromatic nitrogens is 3. The van der Waals surface area contributed by atoms with Gasteiger partial charge in [-0.2, -0.15) is 0 Å². The summed E-state index contributed by atoms with van der Waals surface area (Å²) in [7, 11) is 0. The maximum absolute atomic E-state index is 4.71. The molecular formula is C21H11N3S2. The zero-order valence-electron chi connectivity index (χ0n) is 13.5. The van der Waals surface area contributed by atoms with Gasteiger partial charge in [0.2, 0.25) is 0 Å². The molecule has 6 rings (SSSR count). The highest BCUT2D eigenvalue weighted by atomic mass is 32.1. The fraction of sp³-hybridized carbons (Fsp3) is 0. The Morgan fingerprint density at radius 1 is 0.577 bits per heavy atom. The van der Waals surface area contributed by atoms with Crippen LogP contribution in [0.3, 0.4) is 0 Å². The number of thiophene rings is 2. The average Bonchev–Trinajstić information content (AvgIpc) is 3.24. The van der Waals surface area contributed by atoms with E-state index in [9.17, 15) is 0 Å². The van der Waals surface area contributed by atoms with Crippen LogP contribution in [0.1, 0.15) is 0 Å². The Bertz CT molecular complexity index is 1330. The molecule has 5 heteroatoms. The first kappa shape index (κ1) is 14.3. The molecule has 0 saturated heterocycles. The quantitative estimate of drug-likeness (QED) is 0.343. The summed E-state index contributed by atoms with van der Waals surface area (Å²) in [4.78, 5) is 13.7. The van der Waals surface area contributed by atoms with Crippen molar-refractivity contribution in [2.75, 3.05) is 0 Å². The van der Waals surface area contributed by atoms with Crippen LogP contribution in [-0.2, 0) is 0 Å². The van der Waals surface area contributed by atoms with Gasteiger partial charge in [0.15, 0.2) is 0 Å². The summed E-state index contributed by atoms with van der Waals surface area (Å²) in [5, 5.41) is 1.22. The Kier molecular flexibility index (Phi) is 2.92. The lowest BCUT2D eigenvalue weighted by molar-refractivity contribution is 1.39. The first-order valence-corrected chi connectivity index (χ1v) is 9.91. The van der Waals surface area contributed by atoms with Crippen molar-refractivity contribution >= 4 is 63.4 Å². The minimum absolute atomic E-state index is 0.987. The Labute approximate surface area is 156 Å². The summed E-state index contributed by atoms with van der Waals surface area (Å²) in [5.74, 6) is 0. The van der Waals surface area contributed by atoms with E-state index in [4.69, 9.17) is 4.98 Å². The van der Waals surface area contributed by atoms with Gasteiger partial charge in [-0.3, -0.25) is 15.0 Å². The summed E-state index contributed by atoms with van der Waals surface area (Å²) < 4.78 is 4.84. The predicted octanol–water partition coefficient (Wildman–Crippen LogP) is 6.27. The predicted molar refractivity (Wildman–Crippen MR) is 111 cm³/mol. The van der Waals surface area contributed by atoms with Crippen molar-refractivity contribution in [1.82, 2.24) is 15.0 Å². The molecular weight excluding hydrogens is 358 g/mol. The third-order valence-electron chi connectivity index (χ3n) is 4.63. The van der Waals surface area contributed by atoms with Crippen molar-refractivity contribution < 1.29 is 0 Å². The number of hydrogen-bond acceptors (Lipinski definition) is 5. The fourth-order valence-electron chi connectivity index (χ4n) is 3.40. The van der Waals surface area contributed by atoms with Crippen LogP contribution in [0, 0.1) is 0 Å². The highest BCUT2D eigenvalue weighted by Gasteiger charge is 2.11. The molecule has 0 unspecified atom stereocenters. The molecule has 0 aliphatic heterocycles. The molecule has 0 aliphatic rings. The summed E-state index contributed by atoms with van der Waals surface area (Å²) in [6, 6.07) is 17.0. The molecule has 122 valence electrons. The van der Waals surface area contributed by atoms with Gasteiger partial charge < -0.3 is 0 Å². The largest absolute Gasteiger partial charge is 0.255 e. The Hall–Kier alpha value is -2.89. The molecule has 3 nitrogen and oxygen atoms in total. The third kappa shape index (κ3) is 2.01. The second-order valence-corrected chi connectivity index (χ2v) is 8.35. The minimum atomic E-state index is 0.987. The number of hydrogen-bond donors (Lipinski definition) is 0. The molecule has 0 saturated carbocycles. The van der Waals surface area contributed by atoms with E-state index in [-0.39, 0.29) is 0 Å². The van der Waals surface area contributed by atoms with E-state index in [0.29, 0.717) is 0 Å². The lowest BCUT2D eigenvalue weighted by atomic mass is 10.1. The molecule has 0 aliphatic carbocycles. The van der Waals surface area contributed by atoms with Crippen LogP contribution in [0.15, 0.2) is 67.1 Å². The van der Waals surface area contributed by atoms with Crippen molar-refractivity contribution in [2.24, 2.45) is 0 Å². The Balaban J connectivity index is 1.57. The average molecular weight is 369 g/mol. The van der Waals surface area contributed by atoms with E-state index in [1.54, 1.807) is 22.7 Å². The second-order valence-electron chi connectivity index (χ2n) is 6.19. The van der Waals surface area contributed by atoms with Gasteiger partial charge in [0.1, 0.15) is 11.0 Å². The number of pyridine rings is 3. The molecule has 5 heterocycles. The normalized spacial score (nSPS) is 11.8. The molecule has 0 atom stereocenters. The molecule has 0 bridgehead atoms. The summed E-state index contributed by atoms with van der Waals surface area (Å²) in [5.41, 5.74) is 5.38. The zero-order chi connectivity index (χ0) is 17.1. The summed E-state index contributed by atoms with van der Waals surface area (Å²) in [6.45, 7) is 0. The van der Waals surface area contributed by atoms with E-state index in [2.05, 4.69) is 46.4 Å². The van der Waals surface area contributed by atoms with Crippen LogP contribution in [0.5, 0.6) is 0 Å². The van der Waals surface area contributed by atoms with Crippen LogP contribution < -0.4 is 0 Å². The van der Waals surface area contributed by atoms with E-state index in [1.165, 1.54) is 29.7 Å². The van der Waals surface area contributed by atoms with E-state index in [0.717, 1.165) is 22.1 Å². The van der Waals surface area contributed by atoms with Gasteiger partial charge in [0, 0.05) is 34.2 Å². The molecule has 0 amide bonds. The van der Waals surface area contributed by atoms with Gasteiger partial charge in [0.25, 0.3) is 0 Å². The Morgan fingerprint density at radius 3 is 2.15 bits per heavy atom. The van der Waals surface area contributed by atoms with Crippen molar-refractivity contribution in [3.8, 4) is 11.1 Å². The molecule has 5 aromatic heterocycles. The molecule has 6 aromatic rings. The van der Waals surface area contributed by atoms with Gasteiger partial charge >= 0.3 is 0 Å². The van der Waals surface area contributed by atoms with Gasteiger partial charge in [-0.25, -0.2) is 0 Å². The molecule has 1 aromatic carbocycles. The SMILES string of the molecule is c1cnc2c(c1)sc1cc(-c3cnc4c(c3)sc3cccnc34)ccc12. The van der Waals surface area contributed by atoms with Gasteiger partial charge in [-0.05, 0) is 42.0 Å². The monoisotopic (exact) mass is 369 g/mol. The van der Waals surface area contributed by atoms with Crippen molar-refractivity contribution in [3.05, 3.63) is 67.1 Å². The zero-order valence-corrected chi connectivity index (χ0v) is 15.1. The van der Waals surface area contributed by atoms with Gasteiger partial charge in [-0.1, -0.05) is 12.1 Å². The summed E-state index contributed by atoms with van der Waals surface area (Å²) >= 11 is 3.53. The van der Waals surface area contributed by atoms with Gasteiger partial charge in [-0.15, -0.1) is 22.7 Å². The third-order valence-corrected chi connectivity index (χ3v) is 6.82. The number of nitrogens with zero attached hydrogens (tertiary/aromatic N) is 3. The molecule has 26 heavy (non-hydrogen) atoms. The number of rotatable bonds is 1. The maximum Gasteiger partial charge on any atom is 0.107 e. The van der Waals surface area contributed by atoms with Crippen molar-refractivity contribution in [3.63, 3.8) is 0 Å². The van der Waals surface area contributed by atoms with Crippen molar-refractivity contribution in [2.45, 2.75) is 0 Å². The lowest BCUT2D eigenvalue weighted by Crippen LogP contribution is -1.81. The first-order valence-electron chi connectivity index (χ1n) is 8.28. The van der Waals surface area contributed by atoms with Crippen LogP contribution in [0.2, 0.25) is 0 Å². The van der Waals surface area contributed by atoms with Crippen LogP contribution in [0.25, 0.3) is 51.9 Å². The lowest BCUT2D eigenvalue weighted by Gasteiger charge is -2.02. The molecule has 0 N–H and O–H groups in total. The molecule has 0 radical (unpaired) electrons. The molecule has 0 spiro atoms. The van der Waals surface area contributed by atoms with E-state index >= 15 is 0 Å². The second kappa shape index (κ2) is 5.30. The Morgan fingerprint density at radius 2 is 1.27 bits per heavy atom. The smallest absolute Gasteiger partial charge is 0.107 e. The summed E-state index contributed by atoms with van der Waals surface area (Å²) in [6.07, 6.45) is 5.64. The van der Waals surface area contributed by atoms with E-state index in [1.807, 2.05) is 30.7 Å². The topological polar surface area (TPSA) is 38.7 Å².